The van der Waals surface area contributed by atoms with Gasteiger partial charge in [0.25, 0.3) is 0 Å². The maximum Gasteiger partial charge on any atom is 3.00 e. The third kappa shape index (κ3) is 51.4. The fraction of sp³-hybridized carbons (Fsp3) is 0. The van der Waals surface area contributed by atoms with Crippen molar-refractivity contribution in [3.8, 4) is 0 Å². The van der Waals surface area contributed by atoms with Gasteiger partial charge in [0.15, 0.2) is 0 Å². The number of hydrogen-bond donors (Lipinski definition) is 0. The number of hydrogen-bond acceptors (Lipinski definition) is 0. The Labute approximate surface area is 226 Å². The summed E-state index contributed by atoms with van der Waals surface area (Å²) in [6.45, 7) is 0. The standard InChI is InChI=1S/2Ce.2Nd.3O.2Zr/q;;2*+3;3*-2;;. The van der Waals surface area contributed by atoms with Gasteiger partial charge < -0.3 is 16.4 Å². The van der Waals surface area contributed by atoms with Crippen LogP contribution in [0.1, 0.15) is 0 Å². The van der Waals surface area contributed by atoms with Gasteiger partial charge in [-0.15, -0.1) is 0 Å². The van der Waals surface area contributed by atoms with E-state index < -0.39 is 0 Å². The van der Waals surface area contributed by atoms with E-state index in [2.05, 4.69) is 0 Å². The van der Waals surface area contributed by atoms with Crippen molar-refractivity contribution < 1.29 is 234 Å². The van der Waals surface area contributed by atoms with Crippen LogP contribution in [-0.2, 0) is 68.8 Å². The van der Waals surface area contributed by atoms with Crippen LogP contribution in [0.3, 0.4) is 0 Å². The van der Waals surface area contributed by atoms with Crippen LogP contribution >= 0.6 is 0 Å². The van der Waals surface area contributed by atoms with Gasteiger partial charge in [0.1, 0.15) is 0 Å². The summed E-state index contributed by atoms with van der Waals surface area (Å²) >= 11 is 0. The zero-order chi connectivity index (χ0) is 0. The van der Waals surface area contributed by atoms with Crippen molar-refractivity contribution in [2.75, 3.05) is 0 Å². The van der Waals surface area contributed by atoms with Crippen LogP contribution in [0, 0.1) is 165 Å². The molecular weight excluding hydrogens is 799 g/mol. The van der Waals surface area contributed by atoms with Gasteiger partial charge in [-0.2, -0.15) is 0 Å². The van der Waals surface area contributed by atoms with Crippen molar-refractivity contribution >= 4 is 0 Å². The average molecular weight is 799 g/mol. The topological polar surface area (TPSA) is 85.5 Å². The Bertz CT molecular complexity index is 17.8. The summed E-state index contributed by atoms with van der Waals surface area (Å²) in [7, 11) is 0. The summed E-state index contributed by atoms with van der Waals surface area (Å²) in [5.74, 6) is 0. The fourth-order valence-corrected chi connectivity index (χ4v) is 0. The second kappa shape index (κ2) is 59.5. The largest absolute Gasteiger partial charge is 3.00 e. The van der Waals surface area contributed by atoms with Crippen LogP contribution < -0.4 is 0 Å². The van der Waals surface area contributed by atoms with E-state index in [-0.39, 0.29) is 234 Å². The predicted octanol–water partition coefficient (Wildman–Crippen LogP) is -0.361. The van der Waals surface area contributed by atoms with E-state index in [1.54, 1.807) is 0 Å². The van der Waals surface area contributed by atoms with Gasteiger partial charge >= 0.3 is 81.7 Å². The first-order valence-electron chi connectivity index (χ1n) is 0. The van der Waals surface area contributed by atoms with Gasteiger partial charge in [-0.05, 0) is 0 Å². The number of rotatable bonds is 0. The van der Waals surface area contributed by atoms with Gasteiger partial charge in [-0.1, -0.05) is 0 Å². The van der Waals surface area contributed by atoms with Crippen LogP contribution in [-0.4, -0.2) is 0 Å². The molecule has 0 aromatic rings. The molecule has 0 aromatic heterocycles. The first kappa shape index (κ1) is 72.8. The Kier molecular flexibility index (Phi) is 482. The molecule has 0 aliphatic rings. The molecule has 0 spiro atoms. The minimum Gasteiger partial charge on any atom is -2.00 e. The van der Waals surface area contributed by atoms with Crippen LogP contribution in [0.25, 0.3) is 0 Å². The molecule has 9 heteroatoms. The molecule has 0 saturated heterocycles. The fourth-order valence-electron chi connectivity index (χ4n) is 0. The summed E-state index contributed by atoms with van der Waals surface area (Å²) in [6, 6.07) is 0. The van der Waals surface area contributed by atoms with Gasteiger partial charge in [-0.3, -0.25) is 0 Å². The molecule has 0 N–H and O–H groups in total. The molecule has 0 saturated carbocycles. The Hall–Kier alpha value is 7.10. The summed E-state index contributed by atoms with van der Waals surface area (Å²) < 4.78 is 0. The normalized spacial score (nSPS) is 0. The third-order valence-corrected chi connectivity index (χ3v) is 0. The van der Waals surface area contributed by atoms with E-state index in [0.717, 1.165) is 0 Å². The van der Waals surface area contributed by atoms with E-state index in [0.29, 0.717) is 0 Å². The van der Waals surface area contributed by atoms with Crippen molar-refractivity contribution in [2.24, 2.45) is 0 Å². The predicted molar refractivity (Wildman–Crippen MR) is 2.06 cm³/mol. The Morgan fingerprint density at radius 3 is 0.444 bits per heavy atom. The van der Waals surface area contributed by atoms with Crippen LogP contribution in [0.2, 0.25) is 0 Å². The quantitative estimate of drug-likeness (QED) is 0.321. The Balaban J connectivity index is 0. The minimum absolute atomic E-state index is 0. The van der Waals surface area contributed by atoms with Gasteiger partial charge in [0.2, 0.25) is 0 Å². The molecule has 0 rings (SSSR count). The first-order valence-corrected chi connectivity index (χ1v) is 0. The van der Waals surface area contributed by atoms with Gasteiger partial charge in [0, 0.05) is 136 Å². The van der Waals surface area contributed by atoms with Crippen molar-refractivity contribution in [1.82, 2.24) is 0 Å². The van der Waals surface area contributed by atoms with E-state index >= 15 is 0 Å². The molecule has 0 aliphatic carbocycles. The molecule has 0 aliphatic heterocycles. The zero-order valence-corrected chi connectivity index (χ0v) is 21.8. The molecule has 0 atom stereocenters. The molecule has 0 aromatic carbocycles. The average Bonchev–Trinajstić information content (AvgIpc) is 0. The van der Waals surface area contributed by atoms with Crippen molar-refractivity contribution in [2.45, 2.75) is 0 Å². The molecular formula is Ce2Nd2O3Zr2. The maximum atomic E-state index is 0. The van der Waals surface area contributed by atoms with Crippen LogP contribution in [0.15, 0.2) is 0 Å². The smallest absolute Gasteiger partial charge is 2.00 e. The molecule has 0 unspecified atom stereocenters. The van der Waals surface area contributed by atoms with Crippen molar-refractivity contribution in [1.29, 1.82) is 0 Å². The molecule has 3 nitrogen and oxygen atoms in total. The summed E-state index contributed by atoms with van der Waals surface area (Å²) in [4.78, 5) is 0. The summed E-state index contributed by atoms with van der Waals surface area (Å²) in [5.41, 5.74) is 0. The monoisotopic (exact) mass is 791 g/mol. The Morgan fingerprint density at radius 2 is 0.444 bits per heavy atom. The molecule has 9 heavy (non-hydrogen) atoms. The van der Waals surface area contributed by atoms with Gasteiger partial charge in [0.05, 0.1) is 0 Å². The van der Waals surface area contributed by atoms with E-state index in [4.69, 9.17) is 0 Å². The molecule has 42 valence electrons. The zero-order valence-electron chi connectivity index (χ0n) is 4.22. The van der Waals surface area contributed by atoms with Crippen molar-refractivity contribution in [3.63, 3.8) is 0 Å². The van der Waals surface area contributed by atoms with Crippen LogP contribution in [0.4, 0.5) is 0 Å². The second-order valence-corrected chi connectivity index (χ2v) is 0. The molecule has 0 amide bonds. The minimum atomic E-state index is 0. The van der Waals surface area contributed by atoms with E-state index in [1.165, 1.54) is 0 Å². The Morgan fingerprint density at radius 1 is 0.444 bits per heavy atom. The van der Waals surface area contributed by atoms with Crippen molar-refractivity contribution in [3.05, 3.63) is 0 Å². The summed E-state index contributed by atoms with van der Waals surface area (Å²) in [5, 5.41) is 0. The maximum absolute atomic E-state index is 0. The van der Waals surface area contributed by atoms with E-state index in [1.807, 2.05) is 0 Å². The van der Waals surface area contributed by atoms with Gasteiger partial charge in [-0.25, -0.2) is 0 Å². The summed E-state index contributed by atoms with van der Waals surface area (Å²) in [6.07, 6.45) is 0. The molecule has 0 fully saturated rings. The molecule has 0 heterocycles. The SMILES string of the molecule is [Ce].[Ce].[Nd+3].[Nd+3].[O-2].[O-2].[O-2].[Zr].[Zr]. The third-order valence-electron chi connectivity index (χ3n) is 0. The first-order chi connectivity index (χ1) is 0. The molecule has 2 radical (unpaired) electrons. The van der Waals surface area contributed by atoms with E-state index in [9.17, 15) is 0 Å². The second-order valence-electron chi connectivity index (χ2n) is 0. The molecule has 0 bridgehead atoms. The van der Waals surface area contributed by atoms with Crippen LogP contribution in [0.5, 0.6) is 0 Å².